The number of carbonyl (C=O) groups excluding carboxylic acids is 2. The van der Waals surface area contributed by atoms with Crippen LogP contribution in [0.2, 0.25) is 0 Å². The Morgan fingerprint density at radius 1 is 1.11 bits per heavy atom. The topological polar surface area (TPSA) is 129 Å². The van der Waals surface area contributed by atoms with Crippen molar-refractivity contribution in [1.82, 2.24) is 5.43 Å². The van der Waals surface area contributed by atoms with Gasteiger partial charge < -0.3 is 14.2 Å². The second kappa shape index (κ2) is 12.3. The van der Waals surface area contributed by atoms with E-state index >= 15 is 0 Å². The number of hydrogen-bond acceptors (Lipinski definition) is 8. The summed E-state index contributed by atoms with van der Waals surface area (Å²) in [4.78, 5) is 34.7. The van der Waals surface area contributed by atoms with E-state index in [2.05, 4.69) is 49.0 Å². The average Bonchev–Trinajstić information content (AvgIpc) is 2.84. The summed E-state index contributed by atoms with van der Waals surface area (Å²) in [5, 5.41) is 14.6. The zero-order valence-corrected chi connectivity index (χ0v) is 21.8. The molecule has 0 aliphatic carbocycles. The molecule has 180 valence electrons. The maximum atomic E-state index is 12.5. The summed E-state index contributed by atoms with van der Waals surface area (Å²) in [6.45, 7) is -0.357. The smallest absolute Gasteiger partial charge is 0.344 e. The first-order chi connectivity index (χ1) is 16.8. The molecule has 0 atom stereocenters. The van der Waals surface area contributed by atoms with Crippen molar-refractivity contribution in [3.8, 4) is 17.2 Å². The predicted octanol–water partition coefficient (Wildman–Crippen LogP) is 4.72. The van der Waals surface area contributed by atoms with Gasteiger partial charge in [0.1, 0.15) is 5.75 Å². The molecule has 0 saturated heterocycles. The number of nitro benzene ring substituents is 1. The van der Waals surface area contributed by atoms with Crippen LogP contribution < -0.4 is 19.6 Å². The van der Waals surface area contributed by atoms with Gasteiger partial charge in [-0.1, -0.05) is 12.1 Å². The number of nitro groups is 1. The third-order valence-electron chi connectivity index (χ3n) is 4.37. The second-order valence-corrected chi connectivity index (χ2v) is 8.75. The Morgan fingerprint density at radius 3 is 2.54 bits per heavy atom. The third kappa shape index (κ3) is 7.23. The number of benzene rings is 3. The van der Waals surface area contributed by atoms with Crippen LogP contribution in [0.5, 0.6) is 17.2 Å². The molecular weight excluding hydrogens is 637 g/mol. The number of ether oxygens (including phenoxy) is 3. The molecule has 0 aliphatic heterocycles. The molecule has 0 radical (unpaired) electrons. The molecule has 3 aromatic carbocycles. The van der Waals surface area contributed by atoms with E-state index in [1.807, 2.05) is 6.07 Å². The molecule has 3 aromatic rings. The SMILES string of the molecule is COc1cc(/C=N\NC(=O)COc2ccc([N+](=O)[O-])cc2Br)ccc1OC(=O)c1ccccc1I. The Balaban J connectivity index is 1.57. The van der Waals surface area contributed by atoms with Crippen molar-refractivity contribution < 1.29 is 28.7 Å². The maximum absolute atomic E-state index is 12.5. The molecule has 0 fully saturated rings. The zero-order valence-electron chi connectivity index (χ0n) is 18.1. The van der Waals surface area contributed by atoms with Gasteiger partial charge in [0.25, 0.3) is 11.6 Å². The van der Waals surface area contributed by atoms with Crippen LogP contribution in [-0.2, 0) is 4.79 Å². The monoisotopic (exact) mass is 653 g/mol. The molecule has 0 heterocycles. The summed E-state index contributed by atoms with van der Waals surface area (Å²) in [5.74, 6) is -0.232. The molecule has 3 rings (SSSR count). The molecule has 35 heavy (non-hydrogen) atoms. The van der Waals surface area contributed by atoms with E-state index < -0.39 is 16.8 Å². The number of amides is 1. The minimum Gasteiger partial charge on any atom is -0.493 e. The van der Waals surface area contributed by atoms with Crippen LogP contribution in [-0.4, -0.2) is 36.7 Å². The Kier molecular flexibility index (Phi) is 9.14. The Labute approximate surface area is 221 Å². The summed E-state index contributed by atoms with van der Waals surface area (Å²) in [7, 11) is 1.44. The van der Waals surface area contributed by atoms with E-state index in [-0.39, 0.29) is 23.8 Å². The number of non-ortho nitro benzene ring substituents is 1. The number of hydrogen-bond donors (Lipinski definition) is 1. The highest BCUT2D eigenvalue weighted by atomic mass is 127. The van der Waals surface area contributed by atoms with Gasteiger partial charge in [0.05, 0.1) is 28.3 Å². The quantitative estimate of drug-likeness (QED) is 0.0884. The zero-order chi connectivity index (χ0) is 25.4. The lowest BCUT2D eigenvalue weighted by Gasteiger charge is -2.10. The van der Waals surface area contributed by atoms with Crippen LogP contribution in [0.25, 0.3) is 0 Å². The Bertz CT molecular complexity index is 1300. The summed E-state index contributed by atoms with van der Waals surface area (Å²) < 4.78 is 17.2. The van der Waals surface area contributed by atoms with E-state index in [1.165, 1.54) is 31.5 Å². The lowest BCUT2D eigenvalue weighted by atomic mass is 10.2. The van der Waals surface area contributed by atoms with Crippen LogP contribution in [0.15, 0.2) is 70.2 Å². The second-order valence-electron chi connectivity index (χ2n) is 6.73. The lowest BCUT2D eigenvalue weighted by Crippen LogP contribution is -2.24. The molecule has 1 N–H and O–H groups in total. The van der Waals surface area contributed by atoms with Crippen LogP contribution >= 0.6 is 38.5 Å². The number of methoxy groups -OCH3 is 1. The van der Waals surface area contributed by atoms with E-state index in [1.54, 1.807) is 36.4 Å². The number of rotatable bonds is 9. The van der Waals surface area contributed by atoms with E-state index in [9.17, 15) is 19.7 Å². The van der Waals surface area contributed by atoms with Crippen molar-refractivity contribution in [2.45, 2.75) is 0 Å². The van der Waals surface area contributed by atoms with Crippen molar-refractivity contribution in [3.05, 3.63) is 89.9 Å². The highest BCUT2D eigenvalue weighted by Crippen LogP contribution is 2.30. The van der Waals surface area contributed by atoms with Crippen molar-refractivity contribution in [1.29, 1.82) is 0 Å². The van der Waals surface area contributed by atoms with Crippen LogP contribution in [0.1, 0.15) is 15.9 Å². The van der Waals surface area contributed by atoms with Crippen molar-refractivity contribution in [2.24, 2.45) is 5.10 Å². The maximum Gasteiger partial charge on any atom is 0.344 e. The van der Waals surface area contributed by atoms with E-state index in [0.29, 0.717) is 21.3 Å². The minimum atomic E-state index is -0.540. The first kappa shape index (κ1) is 26.1. The average molecular weight is 654 g/mol. The van der Waals surface area contributed by atoms with Gasteiger partial charge in [-0.15, -0.1) is 0 Å². The summed E-state index contributed by atoms with van der Waals surface area (Å²) in [6.07, 6.45) is 1.38. The van der Waals surface area contributed by atoms with E-state index in [4.69, 9.17) is 14.2 Å². The van der Waals surface area contributed by atoms with Crippen molar-refractivity contribution >= 4 is 62.3 Å². The van der Waals surface area contributed by atoms with Crippen molar-refractivity contribution in [3.63, 3.8) is 0 Å². The van der Waals surface area contributed by atoms with Gasteiger partial charge >= 0.3 is 5.97 Å². The van der Waals surface area contributed by atoms with Gasteiger partial charge in [0.2, 0.25) is 0 Å². The minimum absolute atomic E-state index is 0.107. The summed E-state index contributed by atoms with van der Waals surface area (Å²) in [6, 6.07) is 15.8. The van der Waals surface area contributed by atoms with Crippen LogP contribution in [0, 0.1) is 13.7 Å². The largest absolute Gasteiger partial charge is 0.493 e. The Morgan fingerprint density at radius 2 is 1.86 bits per heavy atom. The van der Waals surface area contributed by atoms with E-state index in [0.717, 1.165) is 3.57 Å². The highest BCUT2D eigenvalue weighted by molar-refractivity contribution is 14.1. The van der Waals surface area contributed by atoms with Gasteiger partial charge in [0, 0.05) is 15.7 Å². The molecule has 0 spiro atoms. The molecule has 1 amide bonds. The number of esters is 1. The van der Waals surface area contributed by atoms with Gasteiger partial charge in [0.15, 0.2) is 18.1 Å². The fourth-order valence-corrected chi connectivity index (χ4v) is 3.79. The van der Waals surface area contributed by atoms with Crippen LogP contribution in [0.3, 0.4) is 0 Å². The predicted molar refractivity (Wildman–Crippen MR) is 139 cm³/mol. The first-order valence-corrected chi connectivity index (χ1v) is 11.7. The molecule has 10 nitrogen and oxygen atoms in total. The van der Waals surface area contributed by atoms with Gasteiger partial charge in [-0.25, -0.2) is 10.2 Å². The highest BCUT2D eigenvalue weighted by Gasteiger charge is 2.15. The van der Waals surface area contributed by atoms with Crippen LogP contribution in [0.4, 0.5) is 5.69 Å². The molecule has 0 saturated carbocycles. The Hall–Kier alpha value is -3.52. The number of hydrazone groups is 1. The van der Waals surface area contributed by atoms with Crippen molar-refractivity contribution in [2.75, 3.05) is 13.7 Å². The number of nitrogens with zero attached hydrogens (tertiary/aromatic N) is 2. The molecule has 0 aromatic heterocycles. The standard InChI is InChI=1S/C23H17BrIN3O7/c1-33-21-10-14(6-8-20(21)35-23(30)16-4-2-3-5-18(16)25)12-26-27-22(29)13-34-19-9-7-15(28(31)32)11-17(19)24/h2-12H,13H2,1H3,(H,27,29)/b26-12-. The molecule has 12 heteroatoms. The summed E-state index contributed by atoms with van der Waals surface area (Å²) >= 11 is 5.22. The molecule has 0 bridgehead atoms. The summed E-state index contributed by atoms with van der Waals surface area (Å²) in [5.41, 5.74) is 3.23. The number of nitrogens with one attached hydrogen (secondary N) is 1. The normalized spacial score (nSPS) is 10.6. The van der Waals surface area contributed by atoms with Gasteiger partial charge in [-0.05, 0) is 80.5 Å². The molecular formula is C23H17BrIN3O7. The van der Waals surface area contributed by atoms with Gasteiger partial charge in [-0.2, -0.15) is 5.10 Å². The third-order valence-corrected chi connectivity index (χ3v) is 5.93. The lowest BCUT2D eigenvalue weighted by molar-refractivity contribution is -0.384. The molecule has 0 aliphatic rings. The van der Waals surface area contributed by atoms with Gasteiger partial charge in [-0.3, -0.25) is 14.9 Å². The fourth-order valence-electron chi connectivity index (χ4n) is 2.71. The fraction of sp³-hybridized carbons (Fsp3) is 0.0870. The first-order valence-electron chi connectivity index (χ1n) is 9.82. The molecule has 0 unspecified atom stereocenters. The number of halogens is 2. The number of carbonyl (C=O) groups is 2.